The Bertz CT molecular complexity index is 106. The Morgan fingerprint density at radius 2 is 1.50 bits per heavy atom. The third-order valence-corrected chi connectivity index (χ3v) is 1.33. The van der Waals surface area contributed by atoms with E-state index in [1.54, 1.807) is 0 Å². The van der Waals surface area contributed by atoms with Crippen molar-refractivity contribution < 1.29 is 28.7 Å². The summed E-state index contributed by atoms with van der Waals surface area (Å²) in [7, 11) is -4.19. The maximum absolute atomic E-state index is 10.2. The second-order valence-electron chi connectivity index (χ2n) is 0.985. The first-order valence-corrected chi connectivity index (χ1v) is 3.45. The van der Waals surface area contributed by atoms with Gasteiger partial charge in [0.05, 0.1) is 0 Å². The van der Waals surface area contributed by atoms with Gasteiger partial charge in [-0.1, -0.05) is 0 Å². The molecule has 0 aliphatic rings. The molecule has 0 unspecified atom stereocenters. The highest BCUT2D eigenvalue weighted by Gasteiger charge is 2.18. The zero-order chi connectivity index (χ0) is 7.33. The van der Waals surface area contributed by atoms with Gasteiger partial charge in [-0.3, -0.25) is 9.05 Å². The van der Waals surface area contributed by atoms with E-state index in [1.165, 1.54) is 0 Å². The molecule has 6 nitrogen and oxygen atoms in total. The van der Waals surface area contributed by atoms with Crippen molar-refractivity contribution in [1.82, 2.24) is 0 Å². The molecule has 0 aromatic carbocycles. The summed E-state index contributed by atoms with van der Waals surface area (Å²) in [4.78, 5) is 8.31. The molecule has 0 rings (SSSR count). The van der Waals surface area contributed by atoms with Crippen molar-refractivity contribution >= 4 is 20.2 Å². The van der Waals surface area contributed by atoms with Crippen molar-refractivity contribution in [2.45, 2.75) is 0 Å². The second kappa shape index (κ2) is 6.06. The van der Waals surface area contributed by atoms with E-state index in [-0.39, 0.29) is 12.4 Å². The van der Waals surface area contributed by atoms with E-state index < -0.39 is 21.4 Å². The van der Waals surface area contributed by atoms with Crippen molar-refractivity contribution in [3.05, 3.63) is 0 Å². The number of rotatable bonds is 4. The number of halogens is 1. The van der Waals surface area contributed by atoms with Gasteiger partial charge in [-0.2, -0.15) is 0 Å². The fraction of sp³-hybridized carbons (Fsp3) is 1.00. The molecule has 0 radical (unpaired) electrons. The highest BCUT2D eigenvalue weighted by Crippen LogP contribution is 2.41. The molecule has 0 saturated carbocycles. The third-order valence-electron chi connectivity index (χ3n) is 0.442. The van der Waals surface area contributed by atoms with E-state index in [0.717, 1.165) is 0 Å². The Balaban J connectivity index is 0. The Labute approximate surface area is 63.4 Å². The fourth-order valence-corrected chi connectivity index (χ4v) is 0.550. The summed E-state index contributed by atoms with van der Waals surface area (Å²) in [6.07, 6.45) is 0. The Kier molecular flexibility index (Phi) is 7.84. The van der Waals surface area contributed by atoms with Crippen LogP contribution in [0.2, 0.25) is 0 Å². The van der Waals surface area contributed by atoms with Gasteiger partial charge < -0.3 is 15.1 Å². The molecule has 0 amide bonds. The number of aliphatic hydroxyl groups is 2. The summed E-state index contributed by atoms with van der Waals surface area (Å²) in [5.41, 5.74) is 0. The van der Waals surface area contributed by atoms with Gasteiger partial charge in [0.2, 0.25) is 0 Å². The standard InChI is InChI=1S/C2H7O6P.ClH/c3-1-7-9(5,6)8-2-4;/h3-4H,1-2H2,(H,5,6);1H. The van der Waals surface area contributed by atoms with Gasteiger partial charge in [-0.15, -0.1) is 12.4 Å². The molecule has 0 aliphatic heterocycles. The molecule has 8 heteroatoms. The van der Waals surface area contributed by atoms with Crippen molar-refractivity contribution in [3.8, 4) is 0 Å². The largest absolute Gasteiger partial charge is 0.476 e. The lowest BCUT2D eigenvalue weighted by Gasteiger charge is -2.06. The van der Waals surface area contributed by atoms with E-state index >= 15 is 0 Å². The molecule has 0 heterocycles. The molecule has 3 N–H and O–H groups in total. The molecule has 0 aromatic heterocycles. The van der Waals surface area contributed by atoms with Crippen LogP contribution in [-0.2, 0) is 13.6 Å². The maximum atomic E-state index is 10.2. The second-order valence-corrected chi connectivity index (χ2v) is 2.44. The summed E-state index contributed by atoms with van der Waals surface area (Å²) < 4.78 is 17.7. The number of hydrogen-bond donors (Lipinski definition) is 3. The normalized spacial score (nSPS) is 10.7. The highest BCUT2D eigenvalue weighted by atomic mass is 35.5. The molecule has 10 heavy (non-hydrogen) atoms. The van der Waals surface area contributed by atoms with Gasteiger partial charge in [0.15, 0.2) is 13.6 Å². The Morgan fingerprint density at radius 1 is 1.20 bits per heavy atom. The SMILES string of the molecule is Cl.O=P(O)(OCO)OCO. The molecule has 0 saturated heterocycles. The average Bonchev–Trinajstić information content (AvgIpc) is 1.64. The minimum Gasteiger partial charge on any atom is -0.370 e. The van der Waals surface area contributed by atoms with Crippen molar-refractivity contribution in [1.29, 1.82) is 0 Å². The lowest BCUT2D eigenvalue weighted by Crippen LogP contribution is -1.96. The van der Waals surface area contributed by atoms with Gasteiger partial charge in [0, 0.05) is 0 Å². The summed E-state index contributed by atoms with van der Waals surface area (Å²) in [5.74, 6) is 0. The van der Waals surface area contributed by atoms with Gasteiger partial charge in [0.25, 0.3) is 0 Å². The minimum absolute atomic E-state index is 0. The van der Waals surface area contributed by atoms with Crippen molar-refractivity contribution in [2.24, 2.45) is 0 Å². The average molecular weight is 195 g/mol. The third kappa shape index (κ3) is 6.44. The topological polar surface area (TPSA) is 96.2 Å². The lowest BCUT2D eigenvalue weighted by molar-refractivity contribution is 0.0163. The fourth-order valence-electron chi connectivity index (χ4n) is 0.183. The van der Waals surface area contributed by atoms with Crippen LogP contribution in [0.5, 0.6) is 0 Å². The molecule has 0 atom stereocenters. The molecular weight excluding hydrogens is 186 g/mol. The molecular formula is C2H8ClO6P. The number of phosphoric acid groups is 1. The van der Waals surface area contributed by atoms with E-state index in [2.05, 4.69) is 9.05 Å². The van der Waals surface area contributed by atoms with Gasteiger partial charge >= 0.3 is 7.82 Å². The first kappa shape index (κ1) is 12.9. The van der Waals surface area contributed by atoms with E-state index in [4.69, 9.17) is 15.1 Å². The zero-order valence-electron chi connectivity index (χ0n) is 4.84. The summed E-state index contributed by atoms with van der Waals surface area (Å²) in [6, 6.07) is 0. The first-order chi connectivity index (χ1) is 4.12. The quantitative estimate of drug-likeness (QED) is 0.410. The van der Waals surface area contributed by atoms with Crippen LogP contribution in [0.1, 0.15) is 0 Å². The van der Waals surface area contributed by atoms with Gasteiger partial charge in [-0.25, -0.2) is 4.57 Å². The van der Waals surface area contributed by atoms with Gasteiger partial charge in [0.1, 0.15) is 0 Å². The summed E-state index contributed by atoms with van der Waals surface area (Å²) >= 11 is 0. The Hall–Kier alpha value is 0.320. The van der Waals surface area contributed by atoms with Crippen molar-refractivity contribution in [3.63, 3.8) is 0 Å². The van der Waals surface area contributed by atoms with Crippen LogP contribution in [0.25, 0.3) is 0 Å². The number of aliphatic hydroxyl groups excluding tert-OH is 2. The van der Waals surface area contributed by atoms with Crippen LogP contribution in [-0.4, -0.2) is 28.7 Å². The van der Waals surface area contributed by atoms with E-state index in [1.807, 2.05) is 0 Å². The zero-order valence-corrected chi connectivity index (χ0v) is 6.55. The smallest absolute Gasteiger partial charge is 0.370 e. The molecule has 0 aliphatic carbocycles. The van der Waals surface area contributed by atoms with Gasteiger partial charge in [-0.05, 0) is 0 Å². The predicted octanol–water partition coefficient (Wildman–Crippen LogP) is -0.559. The molecule has 64 valence electrons. The van der Waals surface area contributed by atoms with E-state index in [0.29, 0.717) is 0 Å². The Morgan fingerprint density at radius 3 is 1.70 bits per heavy atom. The first-order valence-electron chi connectivity index (χ1n) is 1.96. The number of hydrogen-bond acceptors (Lipinski definition) is 5. The van der Waals surface area contributed by atoms with Crippen LogP contribution in [0, 0.1) is 0 Å². The minimum atomic E-state index is -4.19. The lowest BCUT2D eigenvalue weighted by atomic mass is 11.6. The molecule has 0 bridgehead atoms. The van der Waals surface area contributed by atoms with Crippen LogP contribution < -0.4 is 0 Å². The van der Waals surface area contributed by atoms with Crippen molar-refractivity contribution in [2.75, 3.05) is 13.6 Å². The molecule has 0 fully saturated rings. The maximum Gasteiger partial charge on any atom is 0.476 e. The predicted molar refractivity (Wildman–Crippen MR) is 33.4 cm³/mol. The highest BCUT2D eigenvalue weighted by molar-refractivity contribution is 7.47. The van der Waals surface area contributed by atoms with E-state index in [9.17, 15) is 4.57 Å². The van der Waals surface area contributed by atoms with Crippen LogP contribution in [0.4, 0.5) is 0 Å². The summed E-state index contributed by atoms with van der Waals surface area (Å²) in [6.45, 7) is -1.85. The monoisotopic (exact) mass is 194 g/mol. The van der Waals surface area contributed by atoms with Crippen LogP contribution in [0.15, 0.2) is 0 Å². The number of phosphoric ester groups is 1. The molecule has 0 aromatic rings. The van der Waals surface area contributed by atoms with Crippen LogP contribution in [0.3, 0.4) is 0 Å². The van der Waals surface area contributed by atoms with Crippen LogP contribution >= 0.6 is 20.2 Å². The summed E-state index contributed by atoms with van der Waals surface area (Å²) in [5, 5.41) is 15.8. The molecule has 0 spiro atoms.